The molecule has 20 heavy (non-hydrogen) atoms. The maximum atomic E-state index is 12.2. The van der Waals surface area contributed by atoms with Crippen molar-refractivity contribution < 1.29 is 14.3 Å². The van der Waals surface area contributed by atoms with Crippen molar-refractivity contribution in [3.63, 3.8) is 0 Å². The van der Waals surface area contributed by atoms with Crippen LogP contribution in [0.4, 0.5) is 0 Å². The Morgan fingerprint density at radius 2 is 2.25 bits per heavy atom. The largest absolute Gasteiger partial charge is 0.494 e. The van der Waals surface area contributed by atoms with Crippen LogP contribution in [0.1, 0.15) is 32.3 Å². The predicted molar refractivity (Wildman–Crippen MR) is 77.6 cm³/mol. The fourth-order valence-electron chi connectivity index (χ4n) is 2.53. The zero-order valence-corrected chi connectivity index (χ0v) is 12.2. The Morgan fingerprint density at radius 3 is 3.00 bits per heavy atom. The summed E-state index contributed by atoms with van der Waals surface area (Å²) in [6.45, 7) is 5.81. The van der Waals surface area contributed by atoms with Crippen LogP contribution in [0.25, 0.3) is 0 Å². The lowest BCUT2D eigenvalue weighted by Gasteiger charge is -2.28. The van der Waals surface area contributed by atoms with E-state index in [1.54, 1.807) is 0 Å². The molecule has 0 aliphatic carbocycles. The molecular weight excluding hydrogens is 254 g/mol. The molecule has 1 heterocycles. The maximum absolute atomic E-state index is 12.2. The van der Waals surface area contributed by atoms with E-state index in [-0.39, 0.29) is 17.9 Å². The van der Waals surface area contributed by atoms with Gasteiger partial charge in [-0.3, -0.25) is 4.79 Å². The van der Waals surface area contributed by atoms with Crippen molar-refractivity contribution in [3.05, 3.63) is 29.8 Å². The number of amides is 1. The zero-order chi connectivity index (χ0) is 14.4. The Balaban J connectivity index is 1.92. The summed E-state index contributed by atoms with van der Waals surface area (Å²) in [4.78, 5) is 12.2. The van der Waals surface area contributed by atoms with E-state index in [9.17, 15) is 4.79 Å². The van der Waals surface area contributed by atoms with Crippen molar-refractivity contribution in [1.82, 2.24) is 5.32 Å². The molecule has 1 fully saturated rings. The average molecular weight is 277 g/mol. The van der Waals surface area contributed by atoms with Gasteiger partial charge >= 0.3 is 0 Å². The predicted octanol–water partition coefficient (Wildman–Crippen LogP) is 2.52. The standard InChI is InChI=1S/C16H23NO3/c1-3-19-15-9-5-4-7-13(15)11-17-16(18)14-8-6-10-20-12(14)2/h4-5,7,9,12,14H,3,6,8,10-11H2,1-2H3,(H,17,18). The summed E-state index contributed by atoms with van der Waals surface area (Å²) >= 11 is 0. The van der Waals surface area contributed by atoms with E-state index in [4.69, 9.17) is 9.47 Å². The van der Waals surface area contributed by atoms with Crippen molar-refractivity contribution >= 4 is 5.91 Å². The van der Waals surface area contributed by atoms with Crippen LogP contribution in [0, 0.1) is 5.92 Å². The third-order valence-corrected chi connectivity index (χ3v) is 3.67. The minimum Gasteiger partial charge on any atom is -0.494 e. The van der Waals surface area contributed by atoms with Gasteiger partial charge in [0.05, 0.1) is 18.6 Å². The molecule has 110 valence electrons. The first kappa shape index (κ1) is 14.9. The third kappa shape index (κ3) is 3.73. The lowest BCUT2D eigenvalue weighted by molar-refractivity contribution is -0.133. The van der Waals surface area contributed by atoms with E-state index in [1.807, 2.05) is 38.1 Å². The Labute approximate surface area is 120 Å². The highest BCUT2D eigenvalue weighted by atomic mass is 16.5. The Bertz CT molecular complexity index is 447. The summed E-state index contributed by atoms with van der Waals surface area (Å²) in [6, 6.07) is 7.80. The molecule has 2 atom stereocenters. The normalized spacial score (nSPS) is 22.3. The molecule has 0 aromatic heterocycles. The second-order valence-electron chi connectivity index (χ2n) is 5.08. The molecule has 1 saturated heterocycles. The second-order valence-corrected chi connectivity index (χ2v) is 5.08. The maximum Gasteiger partial charge on any atom is 0.225 e. The zero-order valence-electron chi connectivity index (χ0n) is 12.2. The van der Waals surface area contributed by atoms with Gasteiger partial charge in [-0.25, -0.2) is 0 Å². The van der Waals surface area contributed by atoms with Gasteiger partial charge in [0, 0.05) is 18.7 Å². The van der Waals surface area contributed by atoms with Gasteiger partial charge in [0.15, 0.2) is 0 Å². The van der Waals surface area contributed by atoms with Gasteiger partial charge in [-0.15, -0.1) is 0 Å². The highest BCUT2D eigenvalue weighted by molar-refractivity contribution is 5.79. The van der Waals surface area contributed by atoms with Gasteiger partial charge < -0.3 is 14.8 Å². The Morgan fingerprint density at radius 1 is 1.45 bits per heavy atom. The molecule has 0 bridgehead atoms. The van der Waals surface area contributed by atoms with Gasteiger partial charge in [0.1, 0.15) is 5.75 Å². The van der Waals surface area contributed by atoms with Crippen LogP contribution in [-0.4, -0.2) is 25.2 Å². The highest BCUT2D eigenvalue weighted by Gasteiger charge is 2.28. The first-order valence-electron chi connectivity index (χ1n) is 7.32. The number of benzene rings is 1. The number of rotatable bonds is 5. The first-order chi connectivity index (χ1) is 9.72. The van der Waals surface area contributed by atoms with Crippen LogP contribution in [0.2, 0.25) is 0 Å². The topological polar surface area (TPSA) is 47.6 Å². The van der Waals surface area contributed by atoms with E-state index in [0.29, 0.717) is 13.2 Å². The number of ether oxygens (including phenoxy) is 2. The minimum atomic E-state index is -0.0389. The molecule has 1 amide bonds. The molecule has 0 radical (unpaired) electrons. The van der Waals surface area contributed by atoms with Crippen molar-refractivity contribution in [2.45, 2.75) is 39.3 Å². The molecule has 1 N–H and O–H groups in total. The molecule has 4 nitrogen and oxygen atoms in total. The van der Waals surface area contributed by atoms with E-state index in [2.05, 4.69) is 5.32 Å². The second kappa shape index (κ2) is 7.29. The molecule has 2 unspecified atom stereocenters. The summed E-state index contributed by atoms with van der Waals surface area (Å²) in [7, 11) is 0. The third-order valence-electron chi connectivity index (χ3n) is 3.67. The molecule has 1 aliphatic rings. The molecule has 0 spiro atoms. The summed E-state index contributed by atoms with van der Waals surface area (Å²) in [5.41, 5.74) is 1.01. The van der Waals surface area contributed by atoms with Crippen LogP contribution in [0.15, 0.2) is 24.3 Å². The van der Waals surface area contributed by atoms with Crippen molar-refractivity contribution in [1.29, 1.82) is 0 Å². The summed E-state index contributed by atoms with van der Waals surface area (Å²) in [5.74, 6) is 0.870. The number of carbonyl (C=O) groups excluding carboxylic acids is 1. The molecular formula is C16H23NO3. The van der Waals surface area contributed by atoms with E-state index >= 15 is 0 Å². The number of para-hydroxylation sites is 1. The number of carbonyl (C=O) groups is 1. The summed E-state index contributed by atoms with van der Waals surface area (Å²) in [6.07, 6.45) is 1.86. The number of hydrogen-bond acceptors (Lipinski definition) is 3. The van der Waals surface area contributed by atoms with E-state index < -0.39 is 0 Å². The monoisotopic (exact) mass is 277 g/mol. The minimum absolute atomic E-state index is 0.00545. The molecule has 1 aromatic carbocycles. The van der Waals surface area contributed by atoms with E-state index in [0.717, 1.165) is 30.8 Å². The molecule has 0 saturated carbocycles. The highest BCUT2D eigenvalue weighted by Crippen LogP contribution is 2.22. The Hall–Kier alpha value is -1.55. The van der Waals surface area contributed by atoms with Crippen LogP contribution in [0.5, 0.6) is 5.75 Å². The molecule has 4 heteroatoms. The summed E-state index contributed by atoms with van der Waals surface area (Å²) in [5, 5.41) is 3.00. The van der Waals surface area contributed by atoms with E-state index in [1.165, 1.54) is 0 Å². The molecule has 1 aromatic rings. The first-order valence-corrected chi connectivity index (χ1v) is 7.32. The SMILES string of the molecule is CCOc1ccccc1CNC(=O)C1CCCOC1C. The number of hydrogen-bond donors (Lipinski definition) is 1. The van der Waals surface area contributed by atoms with Crippen LogP contribution in [-0.2, 0) is 16.1 Å². The van der Waals surface area contributed by atoms with Crippen molar-refractivity contribution in [2.24, 2.45) is 5.92 Å². The van der Waals surface area contributed by atoms with Gasteiger partial charge in [0.2, 0.25) is 5.91 Å². The van der Waals surface area contributed by atoms with Crippen LogP contribution in [0.3, 0.4) is 0 Å². The lowest BCUT2D eigenvalue weighted by Crippen LogP contribution is -2.39. The lowest BCUT2D eigenvalue weighted by atomic mass is 9.94. The summed E-state index contributed by atoms with van der Waals surface area (Å²) < 4.78 is 11.1. The van der Waals surface area contributed by atoms with Crippen LogP contribution >= 0.6 is 0 Å². The van der Waals surface area contributed by atoms with Crippen molar-refractivity contribution in [2.75, 3.05) is 13.2 Å². The van der Waals surface area contributed by atoms with Gasteiger partial charge in [0.25, 0.3) is 0 Å². The smallest absolute Gasteiger partial charge is 0.225 e. The van der Waals surface area contributed by atoms with Gasteiger partial charge in [-0.05, 0) is 32.8 Å². The van der Waals surface area contributed by atoms with Gasteiger partial charge in [-0.1, -0.05) is 18.2 Å². The Kier molecular flexibility index (Phi) is 5.41. The van der Waals surface area contributed by atoms with Crippen molar-refractivity contribution in [3.8, 4) is 5.75 Å². The van der Waals surface area contributed by atoms with Gasteiger partial charge in [-0.2, -0.15) is 0 Å². The molecule has 1 aliphatic heterocycles. The van der Waals surface area contributed by atoms with Crippen LogP contribution < -0.4 is 10.1 Å². The fraction of sp³-hybridized carbons (Fsp3) is 0.562. The average Bonchev–Trinajstić information content (AvgIpc) is 2.47. The molecule has 2 rings (SSSR count). The number of nitrogens with one attached hydrogen (secondary N) is 1. The fourth-order valence-corrected chi connectivity index (χ4v) is 2.53. The quantitative estimate of drug-likeness (QED) is 0.899.